The fourth-order valence-corrected chi connectivity index (χ4v) is 3.39. The lowest BCUT2D eigenvalue weighted by molar-refractivity contribution is 0.102. The lowest BCUT2D eigenvalue weighted by Gasteiger charge is -2.07. The van der Waals surface area contributed by atoms with Crippen LogP contribution in [0.15, 0.2) is 42.0 Å². The number of rotatable bonds is 4. The highest BCUT2D eigenvalue weighted by Gasteiger charge is 2.15. The highest BCUT2D eigenvalue weighted by molar-refractivity contribution is 7.14. The van der Waals surface area contributed by atoms with E-state index in [-0.39, 0.29) is 5.91 Å². The SMILES string of the molecule is COc1cc(Cl)c(-c2csc(NC(=O)c3ccncc3)n2)c(Cl)c1. The Morgan fingerprint density at radius 1 is 1.21 bits per heavy atom. The molecule has 122 valence electrons. The summed E-state index contributed by atoms with van der Waals surface area (Å²) in [5.41, 5.74) is 1.68. The molecule has 0 saturated carbocycles. The van der Waals surface area contributed by atoms with Gasteiger partial charge >= 0.3 is 0 Å². The second-order valence-corrected chi connectivity index (χ2v) is 6.37. The lowest BCUT2D eigenvalue weighted by atomic mass is 10.1. The van der Waals surface area contributed by atoms with Crippen LogP contribution in [-0.4, -0.2) is 23.0 Å². The first kappa shape index (κ1) is 16.7. The zero-order chi connectivity index (χ0) is 17.1. The number of thiazole rings is 1. The quantitative estimate of drug-likeness (QED) is 0.708. The molecule has 0 radical (unpaired) electrons. The number of hydrogen-bond donors (Lipinski definition) is 1. The molecule has 1 aromatic carbocycles. The smallest absolute Gasteiger partial charge is 0.257 e. The topological polar surface area (TPSA) is 64.1 Å². The number of pyridine rings is 1. The van der Waals surface area contributed by atoms with Crippen molar-refractivity contribution in [3.8, 4) is 17.0 Å². The number of methoxy groups -OCH3 is 1. The molecule has 8 heteroatoms. The Morgan fingerprint density at radius 3 is 2.50 bits per heavy atom. The summed E-state index contributed by atoms with van der Waals surface area (Å²) in [7, 11) is 1.54. The van der Waals surface area contributed by atoms with Gasteiger partial charge < -0.3 is 4.74 Å². The highest BCUT2D eigenvalue weighted by atomic mass is 35.5. The van der Waals surface area contributed by atoms with E-state index in [1.807, 2.05) is 0 Å². The average Bonchev–Trinajstić information content (AvgIpc) is 3.02. The molecule has 0 atom stereocenters. The van der Waals surface area contributed by atoms with E-state index < -0.39 is 0 Å². The van der Waals surface area contributed by atoms with Crippen LogP contribution in [0.5, 0.6) is 5.75 Å². The van der Waals surface area contributed by atoms with Gasteiger partial charge in [-0.3, -0.25) is 15.1 Å². The molecule has 1 N–H and O–H groups in total. The first-order valence-corrected chi connectivity index (χ1v) is 8.42. The van der Waals surface area contributed by atoms with Gasteiger partial charge in [0.15, 0.2) is 5.13 Å². The van der Waals surface area contributed by atoms with Gasteiger partial charge in [0.05, 0.1) is 22.8 Å². The largest absolute Gasteiger partial charge is 0.497 e. The first-order valence-electron chi connectivity index (χ1n) is 6.79. The van der Waals surface area contributed by atoms with Crippen molar-refractivity contribution in [2.75, 3.05) is 12.4 Å². The van der Waals surface area contributed by atoms with E-state index in [0.717, 1.165) is 0 Å². The predicted octanol–water partition coefficient (Wildman–Crippen LogP) is 4.77. The minimum Gasteiger partial charge on any atom is -0.497 e. The van der Waals surface area contributed by atoms with Crippen LogP contribution in [0.2, 0.25) is 10.0 Å². The van der Waals surface area contributed by atoms with Gasteiger partial charge in [-0.25, -0.2) is 4.98 Å². The number of carbonyl (C=O) groups excluding carboxylic acids is 1. The zero-order valence-electron chi connectivity index (χ0n) is 12.4. The molecule has 5 nitrogen and oxygen atoms in total. The second-order valence-electron chi connectivity index (χ2n) is 4.69. The van der Waals surface area contributed by atoms with Crippen LogP contribution in [0.25, 0.3) is 11.3 Å². The van der Waals surface area contributed by atoms with Crippen LogP contribution in [0.3, 0.4) is 0 Å². The summed E-state index contributed by atoms with van der Waals surface area (Å²) in [5, 5.41) is 5.83. The lowest BCUT2D eigenvalue weighted by Crippen LogP contribution is -2.11. The third kappa shape index (κ3) is 3.51. The number of aromatic nitrogens is 2. The number of halogens is 2. The Bertz CT molecular complexity index is 861. The number of nitrogens with zero attached hydrogens (tertiary/aromatic N) is 2. The van der Waals surface area contributed by atoms with Gasteiger partial charge in [-0.05, 0) is 24.3 Å². The Balaban J connectivity index is 1.85. The summed E-state index contributed by atoms with van der Waals surface area (Å²) in [6, 6.07) is 6.58. The Morgan fingerprint density at radius 2 is 1.88 bits per heavy atom. The molecule has 0 aliphatic rings. The van der Waals surface area contributed by atoms with Crippen LogP contribution in [0, 0.1) is 0 Å². The second kappa shape index (κ2) is 7.17. The summed E-state index contributed by atoms with van der Waals surface area (Å²) in [4.78, 5) is 20.4. The Hall–Kier alpha value is -2.15. The average molecular weight is 380 g/mol. The van der Waals surface area contributed by atoms with Crippen molar-refractivity contribution in [2.45, 2.75) is 0 Å². The minimum atomic E-state index is -0.259. The molecule has 0 aliphatic heterocycles. The van der Waals surface area contributed by atoms with E-state index in [1.54, 1.807) is 42.0 Å². The first-order chi connectivity index (χ1) is 11.6. The molecular weight excluding hydrogens is 369 g/mol. The number of benzene rings is 1. The maximum Gasteiger partial charge on any atom is 0.257 e. The van der Waals surface area contributed by atoms with E-state index >= 15 is 0 Å². The molecular formula is C16H11Cl2N3O2S. The third-order valence-electron chi connectivity index (χ3n) is 3.17. The molecule has 2 heterocycles. The van der Waals surface area contributed by atoms with Gasteiger partial charge in [-0.1, -0.05) is 23.2 Å². The normalized spacial score (nSPS) is 10.5. The van der Waals surface area contributed by atoms with Crippen LogP contribution in [0.4, 0.5) is 5.13 Å². The zero-order valence-corrected chi connectivity index (χ0v) is 14.7. The number of ether oxygens (including phenoxy) is 1. The number of amides is 1. The molecule has 0 saturated heterocycles. The van der Waals surface area contributed by atoms with E-state index in [4.69, 9.17) is 27.9 Å². The minimum absolute atomic E-state index is 0.259. The standard InChI is InChI=1S/C16H11Cl2N3O2S/c1-23-10-6-11(17)14(12(18)7-10)13-8-24-16(20-13)21-15(22)9-2-4-19-5-3-9/h2-8H,1H3,(H,20,21,22). The highest BCUT2D eigenvalue weighted by Crippen LogP contribution is 2.39. The van der Waals surface area contributed by atoms with Crippen molar-refractivity contribution < 1.29 is 9.53 Å². The van der Waals surface area contributed by atoms with Crippen LogP contribution >= 0.6 is 34.5 Å². The van der Waals surface area contributed by atoms with E-state index in [9.17, 15) is 4.79 Å². The van der Waals surface area contributed by atoms with Crippen molar-refractivity contribution in [3.05, 3.63) is 57.6 Å². The summed E-state index contributed by atoms with van der Waals surface area (Å²) < 4.78 is 5.12. The van der Waals surface area contributed by atoms with Crippen molar-refractivity contribution in [2.24, 2.45) is 0 Å². The van der Waals surface area contributed by atoms with Crippen LogP contribution < -0.4 is 10.1 Å². The molecule has 2 aromatic heterocycles. The van der Waals surface area contributed by atoms with Gasteiger partial charge in [0.2, 0.25) is 0 Å². The molecule has 0 spiro atoms. The summed E-state index contributed by atoms with van der Waals surface area (Å²) >= 11 is 13.8. The number of hydrogen-bond acceptors (Lipinski definition) is 5. The molecule has 24 heavy (non-hydrogen) atoms. The fraction of sp³-hybridized carbons (Fsp3) is 0.0625. The summed E-state index contributed by atoms with van der Waals surface area (Å²) in [6.07, 6.45) is 3.11. The monoisotopic (exact) mass is 379 g/mol. The van der Waals surface area contributed by atoms with Crippen LogP contribution in [0.1, 0.15) is 10.4 Å². The predicted molar refractivity (Wildman–Crippen MR) is 96.3 cm³/mol. The number of carbonyl (C=O) groups is 1. The summed E-state index contributed by atoms with van der Waals surface area (Å²) in [5.74, 6) is 0.306. The maximum atomic E-state index is 12.1. The van der Waals surface area contributed by atoms with E-state index in [1.165, 1.54) is 18.4 Å². The molecule has 3 aromatic rings. The molecule has 3 rings (SSSR count). The number of anilines is 1. The third-order valence-corrected chi connectivity index (χ3v) is 4.53. The van der Waals surface area contributed by atoms with E-state index in [0.29, 0.717) is 37.7 Å². The van der Waals surface area contributed by atoms with Crippen LogP contribution in [-0.2, 0) is 0 Å². The van der Waals surface area contributed by atoms with E-state index in [2.05, 4.69) is 15.3 Å². The summed E-state index contributed by atoms with van der Waals surface area (Å²) in [6.45, 7) is 0. The Labute approximate surface area is 152 Å². The van der Waals surface area contributed by atoms with Crippen molar-refractivity contribution in [3.63, 3.8) is 0 Å². The van der Waals surface area contributed by atoms with Gasteiger partial charge in [0.1, 0.15) is 5.75 Å². The van der Waals surface area contributed by atoms with Gasteiger partial charge in [-0.2, -0.15) is 0 Å². The molecule has 0 unspecified atom stereocenters. The molecule has 1 amide bonds. The maximum absolute atomic E-state index is 12.1. The van der Waals surface area contributed by atoms with Gasteiger partial charge in [0, 0.05) is 28.9 Å². The molecule has 0 fully saturated rings. The molecule has 0 bridgehead atoms. The fourth-order valence-electron chi connectivity index (χ4n) is 2.03. The van der Waals surface area contributed by atoms with Crippen molar-refractivity contribution in [1.29, 1.82) is 0 Å². The van der Waals surface area contributed by atoms with Crippen molar-refractivity contribution >= 4 is 45.6 Å². The van der Waals surface area contributed by atoms with Gasteiger partial charge in [-0.15, -0.1) is 11.3 Å². The van der Waals surface area contributed by atoms with Crippen molar-refractivity contribution in [1.82, 2.24) is 9.97 Å². The molecule has 0 aliphatic carbocycles. The Kier molecular flexibility index (Phi) is 4.99. The number of nitrogens with one attached hydrogen (secondary N) is 1. The van der Waals surface area contributed by atoms with Gasteiger partial charge in [0.25, 0.3) is 5.91 Å².